The minimum atomic E-state index is -0.440. The molecular weight excluding hydrogens is 270 g/mol. The Labute approximate surface area is 122 Å². The van der Waals surface area contributed by atoms with Crippen molar-refractivity contribution in [1.29, 1.82) is 0 Å². The Kier molecular flexibility index (Phi) is 5.22. The molecule has 0 bridgehead atoms. The lowest BCUT2D eigenvalue weighted by atomic mass is 10.2. The van der Waals surface area contributed by atoms with Crippen LogP contribution in [0.1, 0.15) is 18.9 Å². The Balaban J connectivity index is 2.09. The predicted octanol–water partition coefficient (Wildman–Crippen LogP) is 3.28. The summed E-state index contributed by atoms with van der Waals surface area (Å²) in [6.07, 6.45) is 2.71. The summed E-state index contributed by atoms with van der Waals surface area (Å²) in [6, 6.07) is 9.74. The molecule has 6 nitrogen and oxygen atoms in total. The molecule has 0 aliphatic rings. The van der Waals surface area contributed by atoms with Crippen LogP contribution < -0.4 is 10.1 Å². The molecule has 2 aromatic rings. The third-order valence-electron chi connectivity index (χ3n) is 2.85. The molecule has 0 unspecified atom stereocenters. The van der Waals surface area contributed by atoms with Crippen LogP contribution in [0, 0.1) is 10.1 Å². The first-order valence-electron chi connectivity index (χ1n) is 6.77. The maximum atomic E-state index is 10.6. The number of hydrogen-bond acceptors (Lipinski definition) is 5. The molecule has 0 atom stereocenters. The van der Waals surface area contributed by atoms with Gasteiger partial charge in [0.05, 0.1) is 4.92 Å². The molecule has 1 heterocycles. The van der Waals surface area contributed by atoms with Crippen LogP contribution in [0.2, 0.25) is 0 Å². The van der Waals surface area contributed by atoms with E-state index in [0.29, 0.717) is 18.2 Å². The quantitative estimate of drug-likeness (QED) is 0.480. The summed E-state index contributed by atoms with van der Waals surface area (Å²) in [6.45, 7) is 3.69. The fourth-order valence-corrected chi connectivity index (χ4v) is 1.80. The molecule has 0 aliphatic carbocycles. The van der Waals surface area contributed by atoms with Crippen LogP contribution in [0.15, 0.2) is 42.6 Å². The highest BCUT2D eigenvalue weighted by Crippen LogP contribution is 2.24. The second-order valence-corrected chi connectivity index (χ2v) is 4.50. The van der Waals surface area contributed by atoms with E-state index in [9.17, 15) is 10.1 Å². The van der Waals surface area contributed by atoms with Gasteiger partial charge < -0.3 is 10.1 Å². The Morgan fingerprint density at radius 2 is 2.05 bits per heavy atom. The Hall–Kier alpha value is -2.47. The van der Waals surface area contributed by atoms with Gasteiger partial charge in [-0.2, -0.15) is 0 Å². The van der Waals surface area contributed by atoms with E-state index in [4.69, 9.17) is 4.74 Å². The highest BCUT2D eigenvalue weighted by Gasteiger charge is 2.08. The van der Waals surface area contributed by atoms with Gasteiger partial charge in [0.2, 0.25) is 5.88 Å². The summed E-state index contributed by atoms with van der Waals surface area (Å²) >= 11 is 0. The number of ether oxygens (including phenoxy) is 1. The number of nitro groups is 1. The van der Waals surface area contributed by atoms with Crippen molar-refractivity contribution >= 4 is 5.69 Å². The van der Waals surface area contributed by atoms with Gasteiger partial charge in [-0.1, -0.05) is 13.0 Å². The normalized spacial score (nSPS) is 10.3. The van der Waals surface area contributed by atoms with Crippen molar-refractivity contribution in [3.05, 3.63) is 58.3 Å². The van der Waals surface area contributed by atoms with Crippen LogP contribution in [-0.4, -0.2) is 16.5 Å². The molecule has 0 saturated carbocycles. The maximum absolute atomic E-state index is 10.6. The SMILES string of the molecule is CCCNCc1cccnc1Oc1ccc([N+](=O)[O-])cc1. The summed E-state index contributed by atoms with van der Waals surface area (Å²) in [7, 11) is 0. The third kappa shape index (κ3) is 4.25. The van der Waals surface area contributed by atoms with Gasteiger partial charge in [0, 0.05) is 30.4 Å². The van der Waals surface area contributed by atoms with Crippen molar-refractivity contribution < 1.29 is 9.66 Å². The van der Waals surface area contributed by atoms with Crippen molar-refractivity contribution in [1.82, 2.24) is 10.3 Å². The average Bonchev–Trinajstić information content (AvgIpc) is 2.50. The molecule has 0 aliphatic heterocycles. The van der Waals surface area contributed by atoms with Crippen molar-refractivity contribution in [2.45, 2.75) is 19.9 Å². The summed E-state index contributed by atoms with van der Waals surface area (Å²) in [5.41, 5.74) is 0.984. The van der Waals surface area contributed by atoms with Crippen molar-refractivity contribution in [3.63, 3.8) is 0 Å². The number of nitrogens with zero attached hydrogens (tertiary/aromatic N) is 2. The Morgan fingerprint density at radius 3 is 2.71 bits per heavy atom. The van der Waals surface area contributed by atoms with Gasteiger partial charge in [-0.15, -0.1) is 0 Å². The van der Waals surface area contributed by atoms with Gasteiger partial charge in [0.25, 0.3) is 5.69 Å². The van der Waals surface area contributed by atoms with Crippen LogP contribution in [0.25, 0.3) is 0 Å². The molecule has 0 saturated heterocycles. The van der Waals surface area contributed by atoms with Crippen molar-refractivity contribution in [2.75, 3.05) is 6.54 Å². The van der Waals surface area contributed by atoms with E-state index in [2.05, 4.69) is 17.2 Å². The first kappa shape index (κ1) is 14.9. The van der Waals surface area contributed by atoms with E-state index < -0.39 is 4.92 Å². The summed E-state index contributed by atoms with van der Waals surface area (Å²) in [5.74, 6) is 1.03. The maximum Gasteiger partial charge on any atom is 0.269 e. The number of benzene rings is 1. The number of rotatable bonds is 7. The third-order valence-corrected chi connectivity index (χ3v) is 2.85. The van der Waals surface area contributed by atoms with Crippen LogP contribution in [0.5, 0.6) is 11.6 Å². The van der Waals surface area contributed by atoms with E-state index in [-0.39, 0.29) is 5.69 Å². The molecule has 2 rings (SSSR count). The van der Waals surface area contributed by atoms with Gasteiger partial charge >= 0.3 is 0 Å². The van der Waals surface area contributed by atoms with Gasteiger partial charge in [0.1, 0.15) is 5.75 Å². The molecule has 6 heteroatoms. The fourth-order valence-electron chi connectivity index (χ4n) is 1.80. The molecule has 21 heavy (non-hydrogen) atoms. The van der Waals surface area contributed by atoms with E-state index in [1.165, 1.54) is 12.1 Å². The largest absolute Gasteiger partial charge is 0.439 e. The number of aromatic nitrogens is 1. The van der Waals surface area contributed by atoms with Crippen LogP contribution in [-0.2, 0) is 6.54 Å². The van der Waals surface area contributed by atoms with E-state index in [0.717, 1.165) is 18.5 Å². The van der Waals surface area contributed by atoms with Gasteiger partial charge in [-0.25, -0.2) is 4.98 Å². The zero-order valence-corrected chi connectivity index (χ0v) is 11.8. The number of non-ortho nitro benzene ring substituents is 1. The van der Waals surface area contributed by atoms with Gasteiger partial charge in [-0.05, 0) is 31.2 Å². The molecule has 1 aromatic carbocycles. The first-order chi connectivity index (χ1) is 10.2. The van der Waals surface area contributed by atoms with Gasteiger partial charge in [-0.3, -0.25) is 10.1 Å². The smallest absolute Gasteiger partial charge is 0.269 e. The first-order valence-corrected chi connectivity index (χ1v) is 6.77. The summed E-state index contributed by atoms with van der Waals surface area (Å²) in [4.78, 5) is 14.4. The number of hydrogen-bond donors (Lipinski definition) is 1. The lowest BCUT2D eigenvalue weighted by Crippen LogP contribution is -2.14. The van der Waals surface area contributed by atoms with Crippen molar-refractivity contribution in [3.8, 4) is 11.6 Å². The highest BCUT2D eigenvalue weighted by atomic mass is 16.6. The summed E-state index contributed by atoms with van der Waals surface area (Å²) < 4.78 is 5.70. The number of pyridine rings is 1. The number of nitrogens with one attached hydrogen (secondary N) is 1. The minimum Gasteiger partial charge on any atom is -0.439 e. The van der Waals surface area contributed by atoms with Crippen LogP contribution in [0.4, 0.5) is 5.69 Å². The Bertz CT molecular complexity index is 599. The standard InChI is InChI=1S/C15H17N3O3/c1-2-9-16-11-12-4-3-10-17-15(12)21-14-7-5-13(6-8-14)18(19)20/h3-8,10,16H,2,9,11H2,1H3. The average molecular weight is 287 g/mol. The summed E-state index contributed by atoms with van der Waals surface area (Å²) in [5, 5.41) is 13.9. The molecule has 1 aromatic heterocycles. The number of nitro benzene ring substituents is 1. The monoisotopic (exact) mass is 287 g/mol. The molecule has 1 N–H and O–H groups in total. The topological polar surface area (TPSA) is 77.3 Å². The van der Waals surface area contributed by atoms with Gasteiger partial charge in [0.15, 0.2) is 0 Å². The molecule has 110 valence electrons. The zero-order valence-electron chi connectivity index (χ0n) is 11.8. The van der Waals surface area contributed by atoms with E-state index in [1.54, 1.807) is 18.3 Å². The molecule has 0 amide bonds. The molecule has 0 spiro atoms. The highest BCUT2D eigenvalue weighted by molar-refractivity contribution is 5.38. The fraction of sp³-hybridized carbons (Fsp3) is 0.267. The van der Waals surface area contributed by atoms with Crippen molar-refractivity contribution in [2.24, 2.45) is 0 Å². The molecule has 0 fully saturated rings. The lowest BCUT2D eigenvalue weighted by molar-refractivity contribution is -0.384. The molecular formula is C15H17N3O3. The Morgan fingerprint density at radius 1 is 1.29 bits per heavy atom. The van der Waals surface area contributed by atoms with Crippen LogP contribution in [0.3, 0.4) is 0 Å². The lowest BCUT2D eigenvalue weighted by Gasteiger charge is -2.10. The minimum absolute atomic E-state index is 0.0354. The van der Waals surface area contributed by atoms with E-state index in [1.807, 2.05) is 12.1 Å². The second-order valence-electron chi connectivity index (χ2n) is 4.50. The zero-order chi connectivity index (χ0) is 15.1. The second kappa shape index (κ2) is 7.35. The predicted molar refractivity (Wildman–Crippen MR) is 79.4 cm³/mol. The van der Waals surface area contributed by atoms with Crippen LogP contribution >= 0.6 is 0 Å². The molecule has 0 radical (unpaired) electrons. The van der Waals surface area contributed by atoms with E-state index >= 15 is 0 Å².